The molecule has 1 rings (SSSR count). The lowest BCUT2D eigenvalue weighted by molar-refractivity contribution is -0.107. The summed E-state index contributed by atoms with van der Waals surface area (Å²) in [6.45, 7) is 8.00. The number of thiazole rings is 1. The van der Waals surface area contributed by atoms with Crippen molar-refractivity contribution in [3.8, 4) is 0 Å². The third-order valence-corrected chi connectivity index (χ3v) is 1.54. The van der Waals surface area contributed by atoms with Crippen LogP contribution in [0.4, 0.5) is 0 Å². The average Bonchev–Trinajstić information content (AvgIpc) is 2.65. The number of aromatic nitrogens is 1. The predicted molar refractivity (Wildman–Crippen MR) is 54.6 cm³/mol. The van der Waals surface area contributed by atoms with E-state index in [0.29, 0.717) is 6.42 Å². The summed E-state index contributed by atoms with van der Waals surface area (Å²) in [4.78, 5) is 13.7. The van der Waals surface area contributed by atoms with Crippen LogP contribution in [0.2, 0.25) is 0 Å². The van der Waals surface area contributed by atoms with Gasteiger partial charge in [0.15, 0.2) is 0 Å². The molecule has 0 bridgehead atoms. The molecular formula is C9H17NOS. The molecule has 1 heterocycles. The van der Waals surface area contributed by atoms with Gasteiger partial charge in [-0.2, -0.15) is 0 Å². The van der Waals surface area contributed by atoms with Crippen molar-refractivity contribution in [2.24, 2.45) is 0 Å². The van der Waals surface area contributed by atoms with E-state index in [1.54, 1.807) is 6.20 Å². The van der Waals surface area contributed by atoms with Crippen LogP contribution in [0, 0.1) is 0 Å². The first-order valence-corrected chi connectivity index (χ1v) is 5.13. The molecule has 12 heavy (non-hydrogen) atoms. The number of carbonyl (C=O) groups is 1. The molecule has 0 radical (unpaired) electrons. The van der Waals surface area contributed by atoms with E-state index in [-0.39, 0.29) is 0 Å². The fourth-order valence-corrected chi connectivity index (χ4v) is 0.990. The SMILES string of the molecule is CC.CC.O=CCc1nccs1. The fraction of sp³-hybridized carbons (Fsp3) is 0.556. The summed E-state index contributed by atoms with van der Waals surface area (Å²) < 4.78 is 0. The van der Waals surface area contributed by atoms with Gasteiger partial charge in [0.1, 0.15) is 6.29 Å². The first-order chi connectivity index (χ1) is 5.93. The largest absolute Gasteiger partial charge is 0.303 e. The number of rotatable bonds is 2. The highest BCUT2D eigenvalue weighted by Gasteiger charge is 1.89. The maximum absolute atomic E-state index is 9.84. The minimum Gasteiger partial charge on any atom is -0.303 e. The second kappa shape index (κ2) is 12.9. The summed E-state index contributed by atoms with van der Waals surface area (Å²) in [7, 11) is 0. The first kappa shape index (κ1) is 13.9. The van der Waals surface area contributed by atoms with Crippen molar-refractivity contribution in [1.82, 2.24) is 4.98 Å². The van der Waals surface area contributed by atoms with Crippen molar-refractivity contribution >= 4 is 17.6 Å². The molecule has 1 aromatic rings. The van der Waals surface area contributed by atoms with Crippen LogP contribution in [0.25, 0.3) is 0 Å². The molecule has 0 aliphatic carbocycles. The lowest BCUT2D eigenvalue weighted by atomic mass is 10.5. The molecule has 0 aliphatic heterocycles. The predicted octanol–water partition coefficient (Wildman–Crippen LogP) is 2.94. The van der Waals surface area contributed by atoms with E-state index in [0.717, 1.165) is 11.3 Å². The zero-order valence-corrected chi connectivity index (χ0v) is 9.02. The summed E-state index contributed by atoms with van der Waals surface area (Å²) >= 11 is 1.51. The van der Waals surface area contributed by atoms with Crippen LogP contribution >= 0.6 is 11.3 Å². The monoisotopic (exact) mass is 187 g/mol. The van der Waals surface area contributed by atoms with Crippen molar-refractivity contribution < 1.29 is 4.79 Å². The molecule has 3 heteroatoms. The van der Waals surface area contributed by atoms with E-state index < -0.39 is 0 Å². The number of hydrogen-bond acceptors (Lipinski definition) is 3. The van der Waals surface area contributed by atoms with Crippen LogP contribution < -0.4 is 0 Å². The Hall–Kier alpha value is -0.700. The van der Waals surface area contributed by atoms with Gasteiger partial charge in [-0.3, -0.25) is 0 Å². The lowest BCUT2D eigenvalue weighted by Crippen LogP contribution is -1.80. The van der Waals surface area contributed by atoms with Crippen molar-refractivity contribution in [3.63, 3.8) is 0 Å². The standard InChI is InChI=1S/C5H5NOS.2C2H6/c7-3-1-5-6-2-4-8-5;2*1-2/h2-4H,1H2;2*1-2H3. The molecule has 0 fully saturated rings. The molecule has 1 aromatic heterocycles. The van der Waals surface area contributed by atoms with Crippen LogP contribution in [0.5, 0.6) is 0 Å². The normalized spacial score (nSPS) is 7.00. The summed E-state index contributed by atoms with van der Waals surface area (Å²) in [5.74, 6) is 0. The Labute approximate surface area is 78.7 Å². The maximum atomic E-state index is 9.84. The first-order valence-electron chi connectivity index (χ1n) is 4.25. The van der Waals surface area contributed by atoms with Gasteiger partial charge in [-0.15, -0.1) is 11.3 Å². The van der Waals surface area contributed by atoms with Crippen molar-refractivity contribution in [2.75, 3.05) is 0 Å². The van der Waals surface area contributed by atoms with Gasteiger partial charge < -0.3 is 4.79 Å². The summed E-state index contributed by atoms with van der Waals surface area (Å²) in [6, 6.07) is 0. The summed E-state index contributed by atoms with van der Waals surface area (Å²) in [5, 5.41) is 2.75. The van der Waals surface area contributed by atoms with Crippen LogP contribution in [-0.4, -0.2) is 11.3 Å². The number of hydrogen-bond donors (Lipinski definition) is 0. The van der Waals surface area contributed by atoms with E-state index in [1.165, 1.54) is 11.3 Å². The number of nitrogens with zero attached hydrogens (tertiary/aromatic N) is 1. The Kier molecular flexibility index (Phi) is 14.9. The summed E-state index contributed by atoms with van der Waals surface area (Å²) in [5.41, 5.74) is 0. The molecule has 2 nitrogen and oxygen atoms in total. The van der Waals surface area contributed by atoms with Gasteiger partial charge in [0.2, 0.25) is 0 Å². The average molecular weight is 187 g/mol. The van der Waals surface area contributed by atoms with E-state index in [4.69, 9.17) is 0 Å². The van der Waals surface area contributed by atoms with Crippen LogP contribution in [-0.2, 0) is 11.2 Å². The Bertz CT molecular complexity index is 161. The van der Waals surface area contributed by atoms with Gasteiger partial charge in [0.05, 0.1) is 11.4 Å². The molecule has 0 unspecified atom stereocenters. The van der Waals surface area contributed by atoms with Gasteiger partial charge in [-0.1, -0.05) is 27.7 Å². The molecule has 0 saturated heterocycles. The van der Waals surface area contributed by atoms with E-state index in [1.807, 2.05) is 33.1 Å². The van der Waals surface area contributed by atoms with Gasteiger partial charge in [0, 0.05) is 11.6 Å². The zero-order chi connectivity index (χ0) is 9.82. The van der Waals surface area contributed by atoms with Crippen LogP contribution in [0.3, 0.4) is 0 Å². The minimum absolute atomic E-state index is 0.456. The number of carbonyl (C=O) groups excluding carboxylic acids is 1. The van der Waals surface area contributed by atoms with Gasteiger partial charge >= 0.3 is 0 Å². The summed E-state index contributed by atoms with van der Waals surface area (Å²) in [6.07, 6.45) is 3.01. The van der Waals surface area contributed by atoms with Crippen molar-refractivity contribution in [3.05, 3.63) is 16.6 Å². The smallest absolute Gasteiger partial charge is 0.126 e. The molecule has 70 valence electrons. The van der Waals surface area contributed by atoms with Crippen molar-refractivity contribution in [2.45, 2.75) is 34.1 Å². The van der Waals surface area contributed by atoms with E-state index in [9.17, 15) is 4.79 Å². The Morgan fingerprint density at radius 1 is 1.42 bits per heavy atom. The van der Waals surface area contributed by atoms with Crippen molar-refractivity contribution in [1.29, 1.82) is 0 Å². The van der Waals surface area contributed by atoms with Crippen LogP contribution in [0.15, 0.2) is 11.6 Å². The highest BCUT2D eigenvalue weighted by atomic mass is 32.1. The third-order valence-electron chi connectivity index (χ3n) is 0.741. The Morgan fingerprint density at radius 3 is 2.33 bits per heavy atom. The molecule has 0 atom stereocenters. The highest BCUT2D eigenvalue weighted by molar-refractivity contribution is 7.09. The lowest BCUT2D eigenvalue weighted by Gasteiger charge is -1.76. The molecule has 0 saturated carbocycles. The molecule has 0 aromatic carbocycles. The molecular weight excluding hydrogens is 170 g/mol. The quantitative estimate of drug-likeness (QED) is 0.666. The molecule has 0 N–H and O–H groups in total. The van der Waals surface area contributed by atoms with Gasteiger partial charge in [-0.05, 0) is 0 Å². The molecule has 0 aliphatic rings. The molecule has 0 spiro atoms. The Morgan fingerprint density at radius 2 is 2.00 bits per heavy atom. The zero-order valence-electron chi connectivity index (χ0n) is 8.20. The second-order valence-corrected chi connectivity index (χ2v) is 2.28. The third kappa shape index (κ3) is 7.41. The van der Waals surface area contributed by atoms with E-state index >= 15 is 0 Å². The Balaban J connectivity index is 0. The van der Waals surface area contributed by atoms with Gasteiger partial charge in [0.25, 0.3) is 0 Å². The molecule has 0 amide bonds. The maximum Gasteiger partial charge on any atom is 0.126 e. The fourth-order valence-electron chi connectivity index (χ4n) is 0.425. The minimum atomic E-state index is 0.456. The van der Waals surface area contributed by atoms with E-state index in [2.05, 4.69) is 4.98 Å². The second-order valence-electron chi connectivity index (χ2n) is 1.30. The van der Waals surface area contributed by atoms with Crippen LogP contribution in [0.1, 0.15) is 32.7 Å². The highest BCUT2D eigenvalue weighted by Crippen LogP contribution is 2.01. The topological polar surface area (TPSA) is 30.0 Å². The van der Waals surface area contributed by atoms with Gasteiger partial charge in [-0.25, -0.2) is 4.98 Å². The number of aldehydes is 1.